The van der Waals surface area contributed by atoms with Crippen molar-refractivity contribution in [1.82, 2.24) is 15.2 Å². The molecule has 1 aromatic heterocycles. The van der Waals surface area contributed by atoms with Crippen molar-refractivity contribution in [3.05, 3.63) is 24.3 Å². The predicted molar refractivity (Wildman–Crippen MR) is 66.6 cm³/mol. The first kappa shape index (κ1) is 11.4. The number of aromatic nitrogens is 3. The number of benzene rings is 1. The van der Waals surface area contributed by atoms with Gasteiger partial charge in [-0.15, -0.1) is 5.10 Å². The van der Waals surface area contributed by atoms with E-state index >= 15 is 0 Å². The van der Waals surface area contributed by atoms with Crippen LogP contribution in [0.15, 0.2) is 24.3 Å². The Morgan fingerprint density at radius 1 is 1.29 bits per heavy atom. The van der Waals surface area contributed by atoms with Crippen LogP contribution in [0.25, 0.3) is 11.4 Å². The smallest absolute Gasteiger partial charge is 0.239 e. The first-order valence-electron chi connectivity index (χ1n) is 5.70. The molecule has 17 heavy (non-hydrogen) atoms. The maximum atomic E-state index is 5.57. The summed E-state index contributed by atoms with van der Waals surface area (Å²) in [6, 6.07) is 7.70. The Kier molecular flexibility index (Phi) is 3.59. The van der Waals surface area contributed by atoms with Crippen molar-refractivity contribution in [2.24, 2.45) is 0 Å². The average molecular weight is 232 g/mol. The van der Waals surface area contributed by atoms with E-state index < -0.39 is 0 Å². The molecule has 2 rings (SSSR count). The van der Waals surface area contributed by atoms with Crippen molar-refractivity contribution >= 4 is 5.95 Å². The van der Waals surface area contributed by atoms with Crippen molar-refractivity contribution < 1.29 is 4.74 Å². The van der Waals surface area contributed by atoms with Crippen LogP contribution in [0.4, 0.5) is 5.95 Å². The molecule has 1 aromatic carbocycles. The number of aromatic amines is 1. The Morgan fingerprint density at radius 3 is 2.65 bits per heavy atom. The molecule has 0 radical (unpaired) electrons. The Labute approximate surface area is 100 Å². The van der Waals surface area contributed by atoms with E-state index in [1.165, 1.54) is 0 Å². The summed E-state index contributed by atoms with van der Waals surface area (Å²) in [6.07, 6.45) is 2.20. The summed E-state index contributed by atoms with van der Waals surface area (Å²) in [5, 5.41) is 6.55. The number of anilines is 1. The molecule has 3 N–H and O–H groups in total. The molecule has 0 amide bonds. The molecule has 0 saturated carbocycles. The van der Waals surface area contributed by atoms with Gasteiger partial charge in [-0.2, -0.15) is 4.98 Å². The molecule has 0 saturated heterocycles. The van der Waals surface area contributed by atoms with Crippen LogP contribution in [0.5, 0.6) is 5.75 Å². The number of nitrogens with zero attached hydrogens (tertiary/aromatic N) is 2. The predicted octanol–water partition coefficient (Wildman–Crippen LogP) is 2.23. The third-order valence-corrected chi connectivity index (χ3v) is 2.40. The van der Waals surface area contributed by atoms with Crippen LogP contribution in [0.2, 0.25) is 0 Å². The summed E-state index contributed by atoms with van der Waals surface area (Å²) in [5.74, 6) is 1.79. The molecule has 0 fully saturated rings. The number of hydrogen-bond acceptors (Lipinski definition) is 4. The van der Waals surface area contributed by atoms with Gasteiger partial charge in [0.25, 0.3) is 0 Å². The Morgan fingerprint density at radius 2 is 2.06 bits per heavy atom. The fourth-order valence-electron chi connectivity index (χ4n) is 1.45. The van der Waals surface area contributed by atoms with Crippen LogP contribution in [-0.4, -0.2) is 21.8 Å². The second-order valence-corrected chi connectivity index (χ2v) is 3.77. The fraction of sp³-hybridized carbons (Fsp3) is 0.333. The molecule has 0 aliphatic heterocycles. The zero-order chi connectivity index (χ0) is 12.1. The fourth-order valence-corrected chi connectivity index (χ4v) is 1.45. The van der Waals surface area contributed by atoms with Crippen molar-refractivity contribution in [3.63, 3.8) is 0 Å². The average Bonchev–Trinajstić information content (AvgIpc) is 2.77. The molecule has 1 heterocycles. The molecule has 0 bridgehead atoms. The summed E-state index contributed by atoms with van der Waals surface area (Å²) >= 11 is 0. The molecule has 0 aliphatic carbocycles. The van der Waals surface area contributed by atoms with Gasteiger partial charge in [0.2, 0.25) is 5.95 Å². The van der Waals surface area contributed by atoms with Crippen LogP contribution in [0.1, 0.15) is 19.8 Å². The SMILES string of the molecule is CCCCOc1ccc(-c2nc(N)n[nH]2)cc1. The number of nitrogens with two attached hydrogens (primary N) is 1. The molecule has 0 spiro atoms. The summed E-state index contributed by atoms with van der Waals surface area (Å²) in [5.41, 5.74) is 6.39. The third-order valence-electron chi connectivity index (χ3n) is 2.40. The highest BCUT2D eigenvalue weighted by molar-refractivity contribution is 5.56. The summed E-state index contributed by atoms with van der Waals surface area (Å²) in [7, 11) is 0. The van der Waals surface area contributed by atoms with E-state index in [2.05, 4.69) is 22.1 Å². The molecule has 0 atom stereocenters. The highest BCUT2D eigenvalue weighted by atomic mass is 16.5. The lowest BCUT2D eigenvalue weighted by atomic mass is 10.2. The number of hydrogen-bond donors (Lipinski definition) is 2. The minimum atomic E-state index is 0.253. The first-order chi connectivity index (χ1) is 8.29. The maximum absolute atomic E-state index is 5.57. The lowest BCUT2D eigenvalue weighted by molar-refractivity contribution is 0.309. The quantitative estimate of drug-likeness (QED) is 0.775. The van der Waals surface area contributed by atoms with Gasteiger partial charge in [0, 0.05) is 5.56 Å². The van der Waals surface area contributed by atoms with E-state index in [0.717, 1.165) is 30.8 Å². The van der Waals surface area contributed by atoms with Gasteiger partial charge >= 0.3 is 0 Å². The van der Waals surface area contributed by atoms with Gasteiger partial charge in [-0.05, 0) is 30.7 Å². The standard InChI is InChI=1S/C12H16N4O/c1-2-3-8-17-10-6-4-9(5-7-10)11-14-12(13)16-15-11/h4-7H,2-3,8H2,1H3,(H3,13,14,15,16). The van der Waals surface area contributed by atoms with Crippen molar-refractivity contribution in [3.8, 4) is 17.1 Å². The van der Waals surface area contributed by atoms with Crippen LogP contribution in [0, 0.1) is 0 Å². The number of rotatable bonds is 5. The summed E-state index contributed by atoms with van der Waals surface area (Å²) in [4.78, 5) is 4.06. The highest BCUT2D eigenvalue weighted by Gasteiger charge is 2.03. The highest BCUT2D eigenvalue weighted by Crippen LogP contribution is 2.19. The second kappa shape index (κ2) is 5.34. The maximum Gasteiger partial charge on any atom is 0.239 e. The topological polar surface area (TPSA) is 76.8 Å². The number of H-pyrrole nitrogens is 1. The monoisotopic (exact) mass is 232 g/mol. The zero-order valence-corrected chi connectivity index (χ0v) is 9.81. The third kappa shape index (κ3) is 2.96. The van der Waals surface area contributed by atoms with Gasteiger partial charge in [-0.3, -0.25) is 5.10 Å². The van der Waals surface area contributed by atoms with Crippen LogP contribution >= 0.6 is 0 Å². The van der Waals surface area contributed by atoms with E-state index in [-0.39, 0.29) is 5.95 Å². The van der Waals surface area contributed by atoms with Gasteiger partial charge in [0.1, 0.15) is 5.75 Å². The van der Waals surface area contributed by atoms with Crippen LogP contribution in [0.3, 0.4) is 0 Å². The van der Waals surface area contributed by atoms with E-state index in [0.29, 0.717) is 5.82 Å². The molecule has 90 valence electrons. The van der Waals surface area contributed by atoms with Crippen molar-refractivity contribution in [2.45, 2.75) is 19.8 Å². The number of nitrogen functional groups attached to an aromatic ring is 1. The molecule has 5 nitrogen and oxygen atoms in total. The van der Waals surface area contributed by atoms with E-state index in [1.54, 1.807) is 0 Å². The number of nitrogens with one attached hydrogen (secondary N) is 1. The van der Waals surface area contributed by atoms with Gasteiger partial charge in [0.05, 0.1) is 6.61 Å². The van der Waals surface area contributed by atoms with Gasteiger partial charge in [-0.1, -0.05) is 13.3 Å². The lowest BCUT2D eigenvalue weighted by Gasteiger charge is -2.05. The Hall–Kier alpha value is -2.04. The van der Waals surface area contributed by atoms with E-state index in [1.807, 2.05) is 24.3 Å². The minimum Gasteiger partial charge on any atom is -0.494 e. The van der Waals surface area contributed by atoms with Crippen LogP contribution in [-0.2, 0) is 0 Å². The van der Waals surface area contributed by atoms with Crippen molar-refractivity contribution in [2.75, 3.05) is 12.3 Å². The zero-order valence-electron chi connectivity index (χ0n) is 9.81. The second-order valence-electron chi connectivity index (χ2n) is 3.77. The van der Waals surface area contributed by atoms with E-state index in [4.69, 9.17) is 10.5 Å². The van der Waals surface area contributed by atoms with Crippen LogP contribution < -0.4 is 10.5 Å². The number of ether oxygens (including phenoxy) is 1. The van der Waals surface area contributed by atoms with E-state index in [9.17, 15) is 0 Å². The molecule has 0 aliphatic rings. The Bertz CT molecular complexity index is 464. The molecule has 2 aromatic rings. The number of unbranched alkanes of at least 4 members (excludes halogenated alkanes) is 1. The lowest BCUT2D eigenvalue weighted by Crippen LogP contribution is -1.96. The summed E-state index contributed by atoms with van der Waals surface area (Å²) in [6.45, 7) is 2.89. The largest absolute Gasteiger partial charge is 0.494 e. The normalized spacial score (nSPS) is 10.4. The molecular weight excluding hydrogens is 216 g/mol. The van der Waals surface area contributed by atoms with Crippen molar-refractivity contribution in [1.29, 1.82) is 0 Å². The molecule has 5 heteroatoms. The van der Waals surface area contributed by atoms with Gasteiger partial charge < -0.3 is 10.5 Å². The van der Waals surface area contributed by atoms with Gasteiger partial charge in [-0.25, -0.2) is 0 Å². The molecular formula is C12H16N4O. The first-order valence-corrected chi connectivity index (χ1v) is 5.70. The Balaban J connectivity index is 2.02. The molecule has 0 unspecified atom stereocenters. The minimum absolute atomic E-state index is 0.253. The summed E-state index contributed by atoms with van der Waals surface area (Å²) < 4.78 is 5.57. The van der Waals surface area contributed by atoms with Gasteiger partial charge in [0.15, 0.2) is 5.82 Å².